The van der Waals surface area contributed by atoms with Crippen molar-refractivity contribution in [2.24, 2.45) is 0 Å². The van der Waals surface area contributed by atoms with Crippen LogP contribution in [0.3, 0.4) is 0 Å². The number of rotatable bonds is 5. The average molecular weight is 489 g/mol. The molecule has 1 aromatic heterocycles. The molecule has 2 heterocycles. The van der Waals surface area contributed by atoms with Crippen LogP contribution in [0.15, 0.2) is 72.3 Å². The van der Waals surface area contributed by atoms with Gasteiger partial charge in [0.15, 0.2) is 5.13 Å². The molecule has 4 aromatic rings. The maximum Gasteiger partial charge on any atom is 0.301 e. The van der Waals surface area contributed by atoms with E-state index < -0.39 is 29.3 Å². The first-order chi connectivity index (χ1) is 16.9. The van der Waals surface area contributed by atoms with E-state index >= 15 is 4.39 Å². The molecule has 0 radical (unpaired) electrons. The normalized spacial score (nSPS) is 17.3. The van der Waals surface area contributed by atoms with E-state index in [2.05, 4.69) is 4.98 Å². The minimum absolute atomic E-state index is 0.0928. The van der Waals surface area contributed by atoms with E-state index in [1.165, 1.54) is 41.5 Å². The summed E-state index contributed by atoms with van der Waals surface area (Å²) in [5, 5.41) is 11.4. The number of ketones is 1. The second-order valence-corrected chi connectivity index (χ2v) is 9.08. The monoisotopic (exact) mass is 488 g/mol. The molecule has 3 aromatic carbocycles. The highest BCUT2D eigenvalue weighted by atomic mass is 32.1. The number of benzene rings is 3. The van der Waals surface area contributed by atoms with Gasteiger partial charge in [0.05, 0.1) is 22.9 Å². The lowest BCUT2D eigenvalue weighted by Crippen LogP contribution is -2.29. The van der Waals surface area contributed by atoms with Crippen molar-refractivity contribution in [3.05, 3.63) is 94.8 Å². The molecule has 35 heavy (non-hydrogen) atoms. The van der Waals surface area contributed by atoms with Gasteiger partial charge in [0.1, 0.15) is 23.4 Å². The average Bonchev–Trinajstić information content (AvgIpc) is 3.41. The van der Waals surface area contributed by atoms with E-state index in [1.807, 2.05) is 25.1 Å². The third-order valence-corrected chi connectivity index (χ3v) is 7.08. The number of thiazole rings is 1. The number of hydrogen-bond acceptors (Lipinski definition) is 6. The third kappa shape index (κ3) is 3.85. The molecule has 1 aliphatic rings. The first-order valence-electron chi connectivity index (χ1n) is 11.0. The molecule has 176 valence electrons. The molecule has 1 saturated heterocycles. The number of aromatic nitrogens is 1. The zero-order valence-electron chi connectivity index (χ0n) is 19.0. The number of amides is 1. The van der Waals surface area contributed by atoms with Crippen LogP contribution in [0.25, 0.3) is 16.0 Å². The Morgan fingerprint density at radius 2 is 1.86 bits per heavy atom. The quantitative estimate of drug-likeness (QED) is 0.224. The van der Waals surface area contributed by atoms with Crippen LogP contribution in [0, 0.1) is 5.82 Å². The smallest absolute Gasteiger partial charge is 0.301 e. The van der Waals surface area contributed by atoms with Crippen LogP contribution in [0.5, 0.6) is 5.75 Å². The molecular formula is C27H21FN2O4S. The second kappa shape index (κ2) is 8.96. The summed E-state index contributed by atoms with van der Waals surface area (Å²) in [5.74, 6) is -2.20. The van der Waals surface area contributed by atoms with Gasteiger partial charge in [-0.3, -0.25) is 14.5 Å². The second-order valence-electron chi connectivity index (χ2n) is 8.07. The molecule has 1 fully saturated rings. The summed E-state index contributed by atoms with van der Waals surface area (Å²) in [6.07, 6.45) is 0.838. The Bertz CT molecular complexity index is 1490. The number of carbonyl (C=O) groups is 2. The van der Waals surface area contributed by atoms with E-state index in [4.69, 9.17) is 4.74 Å². The summed E-state index contributed by atoms with van der Waals surface area (Å²) >= 11 is 1.25. The van der Waals surface area contributed by atoms with E-state index in [9.17, 15) is 14.7 Å². The lowest BCUT2D eigenvalue weighted by molar-refractivity contribution is -0.132. The molecule has 6 nitrogen and oxygen atoms in total. The SMILES string of the molecule is CCc1ccc2nc(N3C(=O)C(=O)/C(=C(/O)c4ccc(OC)cc4)C3c3ccccc3F)sc2c1. The molecule has 0 spiro atoms. The molecule has 1 N–H and O–H groups in total. The predicted molar refractivity (Wildman–Crippen MR) is 133 cm³/mol. The molecule has 1 amide bonds. The Morgan fingerprint density at radius 1 is 1.11 bits per heavy atom. The standard InChI is InChI=1S/C27H21FN2O4S/c1-3-15-8-13-20-21(14-15)35-27(29-20)30-23(18-6-4-5-7-19(18)28)22(25(32)26(30)33)24(31)16-9-11-17(34-2)12-10-16/h4-14,23,31H,3H2,1-2H3/b24-22+. The summed E-state index contributed by atoms with van der Waals surface area (Å²) in [7, 11) is 1.51. The van der Waals surface area contributed by atoms with Gasteiger partial charge in [-0.2, -0.15) is 0 Å². The number of Topliss-reactive ketones (excluding diaryl/α,β-unsaturated/α-hetero) is 1. The summed E-state index contributed by atoms with van der Waals surface area (Å²) in [6.45, 7) is 2.04. The van der Waals surface area contributed by atoms with E-state index in [-0.39, 0.29) is 16.3 Å². The van der Waals surface area contributed by atoms with Gasteiger partial charge in [-0.25, -0.2) is 9.37 Å². The number of aliphatic hydroxyl groups excluding tert-OH is 1. The summed E-state index contributed by atoms with van der Waals surface area (Å²) in [4.78, 5) is 32.3. The number of aliphatic hydroxyl groups is 1. The van der Waals surface area contributed by atoms with Gasteiger partial charge in [0.25, 0.3) is 5.78 Å². The highest BCUT2D eigenvalue weighted by Crippen LogP contribution is 2.45. The molecule has 1 atom stereocenters. The lowest BCUT2D eigenvalue weighted by atomic mass is 9.95. The van der Waals surface area contributed by atoms with Crippen LogP contribution in [0.2, 0.25) is 0 Å². The van der Waals surface area contributed by atoms with Crippen LogP contribution in [0.4, 0.5) is 9.52 Å². The highest BCUT2D eigenvalue weighted by molar-refractivity contribution is 7.22. The molecule has 8 heteroatoms. The van der Waals surface area contributed by atoms with Crippen LogP contribution in [-0.2, 0) is 16.0 Å². The van der Waals surface area contributed by atoms with Crippen LogP contribution < -0.4 is 9.64 Å². The van der Waals surface area contributed by atoms with Crippen molar-refractivity contribution in [1.82, 2.24) is 4.98 Å². The number of fused-ring (bicyclic) bond motifs is 1. The lowest BCUT2D eigenvalue weighted by Gasteiger charge is -2.23. The number of hydrogen-bond donors (Lipinski definition) is 1. The number of aryl methyl sites for hydroxylation is 1. The zero-order chi connectivity index (χ0) is 24.7. The molecule has 1 aliphatic heterocycles. The number of methoxy groups -OCH3 is 1. The third-order valence-electron chi connectivity index (χ3n) is 6.06. The van der Waals surface area contributed by atoms with Crippen LogP contribution in [-0.4, -0.2) is 28.9 Å². The first-order valence-corrected chi connectivity index (χ1v) is 11.8. The number of carbonyl (C=O) groups excluding carboxylic acids is 2. The van der Waals surface area contributed by atoms with Gasteiger partial charge in [0.2, 0.25) is 0 Å². The van der Waals surface area contributed by atoms with Crippen molar-refractivity contribution in [3.8, 4) is 5.75 Å². The molecule has 1 unspecified atom stereocenters. The molecule has 5 rings (SSSR count). The van der Waals surface area contributed by atoms with Crippen molar-refractivity contribution in [1.29, 1.82) is 0 Å². The minimum atomic E-state index is -1.18. The van der Waals surface area contributed by atoms with Crippen LogP contribution in [0.1, 0.15) is 29.7 Å². The number of nitrogens with zero attached hydrogens (tertiary/aromatic N) is 2. The Labute approximate surface area is 204 Å². The summed E-state index contributed by atoms with van der Waals surface area (Å²) in [5.41, 5.74) is 1.99. The molecule has 0 aliphatic carbocycles. The molecule has 0 bridgehead atoms. The summed E-state index contributed by atoms with van der Waals surface area (Å²) < 4.78 is 21.0. The van der Waals surface area contributed by atoms with E-state index in [0.717, 1.165) is 16.7 Å². The van der Waals surface area contributed by atoms with Gasteiger partial charge in [-0.05, 0) is 54.4 Å². The molecule has 0 saturated carbocycles. The molecular weight excluding hydrogens is 467 g/mol. The van der Waals surface area contributed by atoms with Crippen molar-refractivity contribution in [2.45, 2.75) is 19.4 Å². The van der Waals surface area contributed by atoms with E-state index in [0.29, 0.717) is 16.8 Å². The minimum Gasteiger partial charge on any atom is -0.507 e. The van der Waals surface area contributed by atoms with Gasteiger partial charge in [0, 0.05) is 11.1 Å². The van der Waals surface area contributed by atoms with Crippen molar-refractivity contribution < 1.29 is 23.8 Å². The maximum absolute atomic E-state index is 15.0. The maximum atomic E-state index is 15.0. The number of halogens is 1. The first kappa shape index (κ1) is 22.7. The Hall–Kier alpha value is -4.04. The predicted octanol–water partition coefficient (Wildman–Crippen LogP) is 5.63. The van der Waals surface area contributed by atoms with E-state index in [1.54, 1.807) is 30.3 Å². The zero-order valence-corrected chi connectivity index (χ0v) is 19.8. The van der Waals surface area contributed by atoms with Gasteiger partial charge in [-0.15, -0.1) is 0 Å². The number of ether oxygens (including phenoxy) is 1. The Balaban J connectivity index is 1.72. The fraction of sp³-hybridized carbons (Fsp3) is 0.148. The Morgan fingerprint density at radius 3 is 2.54 bits per heavy atom. The van der Waals surface area contributed by atoms with Gasteiger partial charge >= 0.3 is 5.91 Å². The van der Waals surface area contributed by atoms with Gasteiger partial charge < -0.3 is 9.84 Å². The number of anilines is 1. The largest absolute Gasteiger partial charge is 0.507 e. The Kier molecular flexibility index (Phi) is 5.82. The highest BCUT2D eigenvalue weighted by Gasteiger charge is 2.49. The summed E-state index contributed by atoms with van der Waals surface area (Å²) in [6, 6.07) is 16.9. The fourth-order valence-corrected chi connectivity index (χ4v) is 5.26. The van der Waals surface area contributed by atoms with Gasteiger partial charge in [-0.1, -0.05) is 42.5 Å². The van der Waals surface area contributed by atoms with Crippen molar-refractivity contribution in [2.75, 3.05) is 12.0 Å². The topological polar surface area (TPSA) is 79.7 Å². The fourth-order valence-electron chi connectivity index (χ4n) is 4.21. The van der Waals surface area contributed by atoms with Crippen molar-refractivity contribution >= 4 is 44.1 Å². The van der Waals surface area contributed by atoms with Crippen molar-refractivity contribution in [3.63, 3.8) is 0 Å². The van der Waals surface area contributed by atoms with Crippen LogP contribution >= 0.6 is 11.3 Å².